The van der Waals surface area contributed by atoms with E-state index in [1.807, 2.05) is 13.8 Å². The summed E-state index contributed by atoms with van der Waals surface area (Å²) in [7, 11) is 1.57. The van der Waals surface area contributed by atoms with Crippen LogP contribution in [0.5, 0.6) is 0 Å². The summed E-state index contributed by atoms with van der Waals surface area (Å²) < 4.78 is 4.80. The number of methoxy groups -OCH3 is 1. The Hall–Kier alpha value is -0.160. The minimum atomic E-state index is -0.398. The van der Waals surface area contributed by atoms with Gasteiger partial charge in [-0.05, 0) is 13.0 Å². The molecule has 0 aromatic carbocycles. The molecule has 0 aliphatic heterocycles. The van der Waals surface area contributed by atoms with Crippen molar-refractivity contribution < 1.29 is 14.9 Å². The largest absolute Gasteiger partial charge is 0.396 e. The molecular formula is C10H23NO3. The predicted molar refractivity (Wildman–Crippen MR) is 56.2 cm³/mol. The molecule has 86 valence electrons. The van der Waals surface area contributed by atoms with Crippen LogP contribution in [-0.4, -0.2) is 49.7 Å². The minimum absolute atomic E-state index is 0.0911. The van der Waals surface area contributed by atoms with E-state index in [1.54, 1.807) is 7.11 Å². The maximum Gasteiger partial charge on any atom is 0.0785 e. The Morgan fingerprint density at radius 1 is 1.43 bits per heavy atom. The van der Waals surface area contributed by atoms with Crippen molar-refractivity contribution >= 4 is 0 Å². The molecule has 0 aliphatic carbocycles. The van der Waals surface area contributed by atoms with Crippen molar-refractivity contribution in [1.29, 1.82) is 0 Å². The molecule has 0 radical (unpaired) electrons. The summed E-state index contributed by atoms with van der Waals surface area (Å²) in [5, 5.41) is 21.5. The predicted octanol–water partition coefficient (Wildman–Crippen LogP) is -0.00810. The van der Waals surface area contributed by atoms with Crippen LogP contribution in [0.3, 0.4) is 0 Å². The molecule has 1 atom stereocenters. The first-order valence-electron chi connectivity index (χ1n) is 5.00. The first kappa shape index (κ1) is 13.8. The first-order valence-corrected chi connectivity index (χ1v) is 5.00. The van der Waals surface area contributed by atoms with Crippen molar-refractivity contribution in [3.05, 3.63) is 0 Å². The maximum atomic E-state index is 9.32. The normalized spacial score (nSPS) is 14.4. The van der Waals surface area contributed by atoms with E-state index in [0.29, 0.717) is 13.0 Å². The van der Waals surface area contributed by atoms with Crippen molar-refractivity contribution in [3.63, 3.8) is 0 Å². The Bertz CT molecular complexity index is 139. The second-order valence-electron chi connectivity index (χ2n) is 4.40. The number of aliphatic hydroxyl groups excluding tert-OH is 2. The van der Waals surface area contributed by atoms with E-state index >= 15 is 0 Å². The lowest BCUT2D eigenvalue weighted by Crippen LogP contribution is -2.34. The molecule has 0 heterocycles. The minimum Gasteiger partial charge on any atom is -0.396 e. The molecule has 4 nitrogen and oxygen atoms in total. The van der Waals surface area contributed by atoms with Gasteiger partial charge in [0.25, 0.3) is 0 Å². The molecule has 0 spiro atoms. The summed E-state index contributed by atoms with van der Waals surface area (Å²) in [5.41, 5.74) is -0.0911. The third-order valence-corrected chi connectivity index (χ3v) is 2.04. The average Bonchev–Trinajstić information content (AvgIpc) is 2.13. The van der Waals surface area contributed by atoms with E-state index < -0.39 is 6.10 Å². The quantitative estimate of drug-likeness (QED) is 0.488. The number of rotatable bonds is 8. The highest BCUT2D eigenvalue weighted by Gasteiger charge is 2.15. The summed E-state index contributed by atoms with van der Waals surface area (Å²) in [4.78, 5) is 0. The van der Waals surface area contributed by atoms with E-state index in [1.165, 1.54) is 0 Å². The van der Waals surface area contributed by atoms with Crippen LogP contribution >= 0.6 is 0 Å². The van der Waals surface area contributed by atoms with Crippen LogP contribution in [0.15, 0.2) is 0 Å². The van der Waals surface area contributed by atoms with Crippen LogP contribution in [-0.2, 0) is 4.74 Å². The summed E-state index contributed by atoms with van der Waals surface area (Å²) >= 11 is 0. The highest BCUT2D eigenvalue weighted by molar-refractivity contribution is 4.70. The monoisotopic (exact) mass is 205 g/mol. The van der Waals surface area contributed by atoms with E-state index in [4.69, 9.17) is 9.84 Å². The van der Waals surface area contributed by atoms with Crippen LogP contribution in [0.25, 0.3) is 0 Å². The molecule has 0 saturated carbocycles. The Labute approximate surface area is 86.3 Å². The molecule has 0 saturated heterocycles. The third-order valence-electron chi connectivity index (χ3n) is 2.04. The van der Waals surface area contributed by atoms with E-state index in [9.17, 15) is 5.11 Å². The molecule has 14 heavy (non-hydrogen) atoms. The van der Waals surface area contributed by atoms with Gasteiger partial charge in [0.1, 0.15) is 0 Å². The van der Waals surface area contributed by atoms with Gasteiger partial charge in [0.15, 0.2) is 0 Å². The van der Waals surface area contributed by atoms with Gasteiger partial charge in [-0.3, -0.25) is 0 Å². The number of aliphatic hydroxyl groups is 2. The lowest BCUT2D eigenvalue weighted by atomic mass is 9.95. The van der Waals surface area contributed by atoms with Gasteiger partial charge in [-0.1, -0.05) is 13.8 Å². The molecule has 0 amide bonds. The summed E-state index contributed by atoms with van der Waals surface area (Å²) in [6.45, 7) is 6.03. The highest BCUT2D eigenvalue weighted by atomic mass is 16.5. The van der Waals surface area contributed by atoms with E-state index in [-0.39, 0.29) is 12.0 Å². The van der Waals surface area contributed by atoms with Crippen LogP contribution < -0.4 is 5.32 Å². The molecule has 0 aliphatic rings. The Morgan fingerprint density at radius 2 is 2.07 bits per heavy atom. The topological polar surface area (TPSA) is 61.7 Å². The van der Waals surface area contributed by atoms with Crippen molar-refractivity contribution in [3.8, 4) is 0 Å². The molecule has 0 fully saturated rings. The van der Waals surface area contributed by atoms with E-state index in [2.05, 4.69) is 5.32 Å². The molecule has 0 bridgehead atoms. The van der Waals surface area contributed by atoms with Crippen LogP contribution in [0.4, 0.5) is 0 Å². The van der Waals surface area contributed by atoms with Crippen LogP contribution in [0.2, 0.25) is 0 Å². The van der Waals surface area contributed by atoms with Gasteiger partial charge in [-0.15, -0.1) is 0 Å². The third kappa shape index (κ3) is 7.26. The lowest BCUT2D eigenvalue weighted by molar-refractivity contribution is 0.0585. The van der Waals surface area contributed by atoms with Crippen molar-refractivity contribution in [2.24, 2.45) is 5.41 Å². The molecule has 4 heteroatoms. The zero-order valence-corrected chi connectivity index (χ0v) is 9.42. The zero-order valence-electron chi connectivity index (χ0n) is 9.42. The molecule has 3 N–H and O–H groups in total. The zero-order chi connectivity index (χ0) is 11.0. The Morgan fingerprint density at radius 3 is 2.57 bits per heavy atom. The molecular weight excluding hydrogens is 182 g/mol. The van der Waals surface area contributed by atoms with Gasteiger partial charge in [-0.25, -0.2) is 0 Å². The summed E-state index contributed by atoms with van der Waals surface area (Å²) in [6.07, 6.45) is 0.278. The standard InChI is InChI=1S/C10H23NO3/c1-10(2,8-12)7-11-5-4-9(13)6-14-3/h9,11-13H,4-8H2,1-3H3. The average molecular weight is 205 g/mol. The van der Waals surface area contributed by atoms with Crippen LogP contribution in [0, 0.1) is 5.41 Å². The molecule has 0 aromatic heterocycles. The highest BCUT2D eigenvalue weighted by Crippen LogP contribution is 2.10. The van der Waals surface area contributed by atoms with Gasteiger partial charge in [0.2, 0.25) is 0 Å². The van der Waals surface area contributed by atoms with E-state index in [0.717, 1.165) is 13.1 Å². The fourth-order valence-corrected chi connectivity index (χ4v) is 1.03. The number of hydrogen-bond acceptors (Lipinski definition) is 4. The van der Waals surface area contributed by atoms with Gasteiger partial charge in [0.05, 0.1) is 12.7 Å². The van der Waals surface area contributed by atoms with Gasteiger partial charge < -0.3 is 20.3 Å². The molecule has 0 aromatic rings. The SMILES string of the molecule is COCC(O)CCNCC(C)(C)CO. The summed E-state index contributed by atoms with van der Waals surface area (Å²) in [5.74, 6) is 0. The molecule has 1 unspecified atom stereocenters. The molecule has 0 rings (SSSR count). The van der Waals surface area contributed by atoms with Crippen molar-refractivity contribution in [1.82, 2.24) is 5.32 Å². The maximum absolute atomic E-state index is 9.32. The fourth-order valence-electron chi connectivity index (χ4n) is 1.03. The van der Waals surface area contributed by atoms with Crippen molar-refractivity contribution in [2.75, 3.05) is 33.4 Å². The van der Waals surface area contributed by atoms with Gasteiger partial charge >= 0.3 is 0 Å². The van der Waals surface area contributed by atoms with Crippen molar-refractivity contribution in [2.45, 2.75) is 26.4 Å². The fraction of sp³-hybridized carbons (Fsp3) is 1.00. The second kappa shape index (κ2) is 7.17. The van der Waals surface area contributed by atoms with Gasteiger partial charge in [-0.2, -0.15) is 0 Å². The van der Waals surface area contributed by atoms with Crippen LogP contribution in [0.1, 0.15) is 20.3 Å². The second-order valence-corrected chi connectivity index (χ2v) is 4.40. The first-order chi connectivity index (χ1) is 6.52. The smallest absolute Gasteiger partial charge is 0.0785 e. The summed E-state index contributed by atoms with van der Waals surface area (Å²) in [6, 6.07) is 0. The Kier molecular flexibility index (Phi) is 7.09. The lowest BCUT2D eigenvalue weighted by Gasteiger charge is -2.22. The number of hydrogen-bond donors (Lipinski definition) is 3. The van der Waals surface area contributed by atoms with Gasteiger partial charge in [0, 0.05) is 25.7 Å². The Balaban J connectivity index is 3.37. The number of ether oxygens (including phenoxy) is 1. The number of nitrogens with one attached hydrogen (secondary N) is 1.